The van der Waals surface area contributed by atoms with Gasteiger partial charge in [0.1, 0.15) is 5.76 Å². The summed E-state index contributed by atoms with van der Waals surface area (Å²) in [5.41, 5.74) is 0.932. The summed E-state index contributed by atoms with van der Waals surface area (Å²) >= 11 is 6.10. The molecular weight excluding hydrogens is 352 g/mol. The van der Waals surface area contributed by atoms with Crippen LogP contribution in [0.4, 0.5) is 0 Å². The molecule has 142 valence electrons. The number of hydrogen-bond donors (Lipinski definition) is 2. The predicted molar refractivity (Wildman–Crippen MR) is 102 cm³/mol. The van der Waals surface area contributed by atoms with E-state index >= 15 is 0 Å². The second-order valence-corrected chi connectivity index (χ2v) is 7.10. The van der Waals surface area contributed by atoms with Gasteiger partial charge in [-0.3, -0.25) is 4.90 Å². The van der Waals surface area contributed by atoms with Gasteiger partial charge in [0, 0.05) is 18.1 Å². The molecule has 2 atom stereocenters. The van der Waals surface area contributed by atoms with Crippen molar-refractivity contribution in [2.75, 3.05) is 32.8 Å². The van der Waals surface area contributed by atoms with E-state index < -0.39 is 6.10 Å². The molecule has 1 aromatic carbocycles. The minimum Gasteiger partial charge on any atom is -0.468 e. The van der Waals surface area contributed by atoms with E-state index in [4.69, 9.17) is 20.8 Å². The van der Waals surface area contributed by atoms with E-state index in [2.05, 4.69) is 10.2 Å². The van der Waals surface area contributed by atoms with Crippen molar-refractivity contribution in [2.45, 2.75) is 31.6 Å². The maximum atomic E-state index is 10.1. The molecule has 1 aliphatic heterocycles. The molecule has 2 heterocycles. The molecule has 1 aliphatic rings. The lowest BCUT2D eigenvalue weighted by Gasteiger charge is -2.26. The monoisotopic (exact) mass is 378 g/mol. The predicted octanol–water partition coefficient (Wildman–Crippen LogP) is 3.24. The van der Waals surface area contributed by atoms with Gasteiger partial charge in [0.2, 0.25) is 0 Å². The van der Waals surface area contributed by atoms with Crippen LogP contribution in [0.1, 0.15) is 30.2 Å². The third-order valence-corrected chi connectivity index (χ3v) is 5.07. The van der Waals surface area contributed by atoms with Crippen LogP contribution in [-0.2, 0) is 11.3 Å². The number of rotatable bonds is 10. The molecule has 5 nitrogen and oxygen atoms in total. The van der Waals surface area contributed by atoms with E-state index in [0.717, 1.165) is 31.0 Å². The highest BCUT2D eigenvalue weighted by molar-refractivity contribution is 6.31. The quantitative estimate of drug-likeness (QED) is 0.664. The first kappa shape index (κ1) is 19.4. The number of aliphatic hydroxyl groups excluding tert-OH is 1. The van der Waals surface area contributed by atoms with E-state index in [1.54, 1.807) is 6.26 Å². The number of nitrogens with one attached hydrogen (secondary N) is 1. The van der Waals surface area contributed by atoms with Crippen LogP contribution in [0, 0.1) is 0 Å². The third-order valence-electron chi connectivity index (χ3n) is 4.70. The zero-order valence-electron chi connectivity index (χ0n) is 14.9. The maximum Gasteiger partial charge on any atom is 0.122 e. The standard InChI is InChI=1S/C20H27ClN2O3/c21-18-7-2-1-6-16(18)14-25-15-17(24)12-22-13-19(20-8-5-11-26-20)23-9-3-4-10-23/h1-2,5-8,11,17,19,22,24H,3-4,9-10,12-15H2/t17-,19+/m0/s1. The Kier molecular flexibility index (Phi) is 7.53. The van der Waals surface area contributed by atoms with Crippen LogP contribution in [0.15, 0.2) is 47.1 Å². The van der Waals surface area contributed by atoms with Crippen LogP contribution in [0.3, 0.4) is 0 Å². The highest BCUT2D eigenvalue weighted by atomic mass is 35.5. The van der Waals surface area contributed by atoms with Crippen LogP contribution in [-0.4, -0.2) is 48.9 Å². The average Bonchev–Trinajstić information content (AvgIpc) is 3.34. The first-order chi connectivity index (χ1) is 12.7. The van der Waals surface area contributed by atoms with Crippen molar-refractivity contribution in [1.82, 2.24) is 10.2 Å². The minimum absolute atomic E-state index is 0.212. The van der Waals surface area contributed by atoms with Gasteiger partial charge in [0.05, 0.1) is 31.6 Å². The molecule has 1 fully saturated rings. The summed E-state index contributed by atoms with van der Waals surface area (Å²) in [6.45, 7) is 4.09. The van der Waals surface area contributed by atoms with Gasteiger partial charge in [-0.15, -0.1) is 0 Å². The second kappa shape index (κ2) is 10.1. The van der Waals surface area contributed by atoms with Gasteiger partial charge in [-0.05, 0) is 49.7 Å². The van der Waals surface area contributed by atoms with Crippen molar-refractivity contribution in [1.29, 1.82) is 0 Å². The fraction of sp³-hybridized carbons (Fsp3) is 0.500. The van der Waals surface area contributed by atoms with Gasteiger partial charge in [-0.25, -0.2) is 0 Å². The molecule has 0 spiro atoms. The van der Waals surface area contributed by atoms with Crippen molar-refractivity contribution in [3.63, 3.8) is 0 Å². The number of hydrogen-bond acceptors (Lipinski definition) is 5. The Morgan fingerprint density at radius 2 is 1.96 bits per heavy atom. The number of likely N-dealkylation sites (tertiary alicyclic amines) is 1. The van der Waals surface area contributed by atoms with Gasteiger partial charge < -0.3 is 19.6 Å². The zero-order chi connectivity index (χ0) is 18.2. The zero-order valence-corrected chi connectivity index (χ0v) is 15.7. The lowest BCUT2D eigenvalue weighted by molar-refractivity contribution is 0.0279. The molecular formula is C20H27ClN2O3. The summed E-state index contributed by atoms with van der Waals surface area (Å²) in [7, 11) is 0. The van der Waals surface area contributed by atoms with Crippen LogP contribution >= 0.6 is 11.6 Å². The lowest BCUT2D eigenvalue weighted by atomic mass is 10.2. The Balaban J connectivity index is 1.39. The van der Waals surface area contributed by atoms with Crippen LogP contribution in [0.2, 0.25) is 5.02 Å². The van der Waals surface area contributed by atoms with Crippen molar-refractivity contribution in [3.05, 3.63) is 59.0 Å². The second-order valence-electron chi connectivity index (χ2n) is 6.69. The normalized spacial score (nSPS) is 17.5. The summed E-state index contributed by atoms with van der Waals surface area (Å²) < 4.78 is 11.2. The summed E-state index contributed by atoms with van der Waals surface area (Å²) in [4.78, 5) is 2.44. The molecule has 1 saturated heterocycles. The number of furan rings is 1. The summed E-state index contributed by atoms with van der Waals surface area (Å²) in [5.74, 6) is 0.976. The highest BCUT2D eigenvalue weighted by Crippen LogP contribution is 2.24. The van der Waals surface area contributed by atoms with E-state index in [0.29, 0.717) is 18.2 Å². The molecule has 0 aliphatic carbocycles. The van der Waals surface area contributed by atoms with Gasteiger partial charge in [0.15, 0.2) is 0 Å². The van der Waals surface area contributed by atoms with Gasteiger partial charge >= 0.3 is 0 Å². The summed E-state index contributed by atoms with van der Waals surface area (Å²) in [6.07, 6.45) is 3.62. The number of nitrogens with zero attached hydrogens (tertiary/aromatic N) is 1. The van der Waals surface area contributed by atoms with E-state index in [1.165, 1.54) is 12.8 Å². The molecule has 6 heteroatoms. The van der Waals surface area contributed by atoms with E-state index in [9.17, 15) is 5.11 Å². The van der Waals surface area contributed by atoms with Crippen molar-refractivity contribution < 1.29 is 14.3 Å². The number of aliphatic hydroxyl groups is 1. The summed E-state index contributed by atoms with van der Waals surface area (Å²) in [6, 6.07) is 11.7. The van der Waals surface area contributed by atoms with Crippen LogP contribution in [0.5, 0.6) is 0 Å². The molecule has 26 heavy (non-hydrogen) atoms. The molecule has 2 N–H and O–H groups in total. The molecule has 2 aromatic rings. The van der Waals surface area contributed by atoms with Crippen LogP contribution < -0.4 is 5.32 Å². The van der Waals surface area contributed by atoms with E-state index in [-0.39, 0.29) is 12.6 Å². The third kappa shape index (κ3) is 5.56. The Hall–Kier alpha value is -1.37. The molecule has 0 saturated carbocycles. The lowest BCUT2D eigenvalue weighted by Crippen LogP contribution is -2.38. The van der Waals surface area contributed by atoms with Crippen LogP contribution in [0.25, 0.3) is 0 Å². The van der Waals surface area contributed by atoms with Crippen molar-refractivity contribution in [3.8, 4) is 0 Å². The Morgan fingerprint density at radius 3 is 2.69 bits per heavy atom. The molecule has 0 unspecified atom stereocenters. The van der Waals surface area contributed by atoms with Crippen molar-refractivity contribution in [2.24, 2.45) is 0 Å². The Morgan fingerprint density at radius 1 is 1.15 bits per heavy atom. The molecule has 1 aromatic heterocycles. The average molecular weight is 379 g/mol. The fourth-order valence-electron chi connectivity index (χ4n) is 3.31. The molecule has 0 amide bonds. The Labute approximate surface area is 159 Å². The topological polar surface area (TPSA) is 57.9 Å². The SMILES string of the molecule is O[C@@H](CNC[C@H](c1ccco1)N1CCCC1)COCc1ccccc1Cl. The number of benzene rings is 1. The smallest absolute Gasteiger partial charge is 0.122 e. The number of ether oxygens (including phenoxy) is 1. The molecule has 0 radical (unpaired) electrons. The van der Waals surface area contributed by atoms with E-state index in [1.807, 2.05) is 36.4 Å². The summed E-state index contributed by atoms with van der Waals surface area (Å²) in [5, 5.41) is 14.2. The van der Waals surface area contributed by atoms with Gasteiger partial charge in [-0.2, -0.15) is 0 Å². The minimum atomic E-state index is -0.562. The number of halogens is 1. The highest BCUT2D eigenvalue weighted by Gasteiger charge is 2.25. The van der Waals surface area contributed by atoms with Crippen molar-refractivity contribution >= 4 is 11.6 Å². The Bertz CT molecular complexity index is 644. The largest absolute Gasteiger partial charge is 0.468 e. The van der Waals surface area contributed by atoms with Gasteiger partial charge in [0.25, 0.3) is 0 Å². The van der Waals surface area contributed by atoms with Gasteiger partial charge in [-0.1, -0.05) is 29.8 Å². The first-order valence-electron chi connectivity index (χ1n) is 9.21. The molecule has 3 rings (SSSR count). The first-order valence-corrected chi connectivity index (χ1v) is 9.59. The molecule has 0 bridgehead atoms. The maximum absolute atomic E-state index is 10.1. The fourth-order valence-corrected chi connectivity index (χ4v) is 3.50.